The zero-order chi connectivity index (χ0) is 13.0. The van der Waals surface area contributed by atoms with Crippen molar-refractivity contribution in [3.8, 4) is 11.4 Å². The number of halogens is 1. The predicted molar refractivity (Wildman–Crippen MR) is 80.0 cm³/mol. The Kier molecular flexibility index (Phi) is 2.12. The molecule has 19 heavy (non-hydrogen) atoms. The highest BCUT2D eigenvalue weighted by Gasteiger charge is 2.15. The van der Waals surface area contributed by atoms with Crippen LogP contribution in [0, 0.1) is 6.92 Å². The first-order chi connectivity index (χ1) is 9.22. The van der Waals surface area contributed by atoms with Crippen molar-refractivity contribution >= 4 is 33.4 Å². The van der Waals surface area contributed by atoms with Gasteiger partial charge in [-0.15, -0.1) is 0 Å². The Hall–Kier alpha value is -2.06. The summed E-state index contributed by atoms with van der Waals surface area (Å²) in [5, 5.41) is 2.91. The summed E-state index contributed by atoms with van der Waals surface area (Å²) in [7, 11) is 0. The summed E-state index contributed by atoms with van der Waals surface area (Å²) in [5.41, 5.74) is 5.26. The maximum Gasteiger partial charge on any atom is 0.0886 e. The molecule has 2 aromatic rings. The van der Waals surface area contributed by atoms with E-state index in [1.54, 1.807) is 0 Å². The van der Waals surface area contributed by atoms with Crippen molar-refractivity contribution in [1.82, 2.24) is 9.97 Å². The van der Waals surface area contributed by atoms with Crippen molar-refractivity contribution in [2.75, 3.05) is 0 Å². The first-order valence-corrected chi connectivity index (χ1v) is 6.57. The fourth-order valence-electron chi connectivity index (χ4n) is 2.60. The van der Waals surface area contributed by atoms with Gasteiger partial charge in [-0.05, 0) is 37.3 Å². The number of H-pyrrole nitrogens is 1. The highest BCUT2D eigenvalue weighted by molar-refractivity contribution is 6.36. The van der Waals surface area contributed by atoms with Gasteiger partial charge in [0.25, 0.3) is 0 Å². The van der Waals surface area contributed by atoms with Gasteiger partial charge in [0.15, 0.2) is 0 Å². The first kappa shape index (κ1) is 10.8. The number of hydrogen-bond donors (Lipinski definition) is 1. The van der Waals surface area contributed by atoms with E-state index in [4.69, 9.17) is 11.6 Å². The number of pyridine rings is 1. The van der Waals surface area contributed by atoms with Gasteiger partial charge in [0.05, 0.1) is 21.9 Å². The molecule has 0 spiro atoms. The van der Waals surface area contributed by atoms with E-state index in [-0.39, 0.29) is 0 Å². The number of aromatic amines is 1. The van der Waals surface area contributed by atoms with Gasteiger partial charge in [-0.2, -0.15) is 0 Å². The molecule has 3 heteroatoms. The molecule has 2 heterocycles. The molecule has 0 aromatic heterocycles. The average molecular weight is 267 g/mol. The molecule has 0 bridgehead atoms. The molecule has 4 rings (SSSR count). The maximum atomic E-state index is 6.29. The van der Waals surface area contributed by atoms with Crippen molar-refractivity contribution in [1.29, 1.82) is 0 Å². The highest BCUT2D eigenvalue weighted by Crippen LogP contribution is 2.36. The van der Waals surface area contributed by atoms with Crippen LogP contribution in [0.4, 0.5) is 0 Å². The molecule has 2 aromatic carbocycles. The summed E-state index contributed by atoms with van der Waals surface area (Å²) in [4.78, 5) is 8.09. The van der Waals surface area contributed by atoms with E-state index in [2.05, 4.69) is 41.2 Å². The van der Waals surface area contributed by atoms with E-state index in [9.17, 15) is 0 Å². The fourth-order valence-corrected chi connectivity index (χ4v) is 2.86. The van der Waals surface area contributed by atoms with Crippen LogP contribution in [-0.4, -0.2) is 9.97 Å². The number of nitrogens with one attached hydrogen (secondary N) is 1. The molecular formula is C16H11ClN2. The lowest BCUT2D eigenvalue weighted by Gasteiger charge is -2.05. The molecule has 2 nitrogen and oxygen atoms in total. The third kappa shape index (κ3) is 1.53. The van der Waals surface area contributed by atoms with Crippen LogP contribution in [0.15, 0.2) is 42.5 Å². The van der Waals surface area contributed by atoms with E-state index in [1.807, 2.05) is 18.2 Å². The Bertz CT molecular complexity index is 892. The van der Waals surface area contributed by atoms with Gasteiger partial charge in [-0.3, -0.25) is 0 Å². The number of fused-ring (bicyclic) bond motifs is 4. The molecule has 2 aliphatic heterocycles. The number of aryl methyl sites for hydroxylation is 1. The molecule has 92 valence electrons. The smallest absolute Gasteiger partial charge is 0.0886 e. The highest BCUT2D eigenvalue weighted by atomic mass is 35.5. The number of aromatic nitrogens is 2. The lowest BCUT2D eigenvalue weighted by Crippen LogP contribution is -1.86. The Morgan fingerprint density at radius 3 is 2.89 bits per heavy atom. The van der Waals surface area contributed by atoms with Crippen LogP contribution in [0.2, 0.25) is 5.02 Å². The van der Waals surface area contributed by atoms with Crippen LogP contribution in [-0.2, 0) is 0 Å². The van der Waals surface area contributed by atoms with Gasteiger partial charge in [0, 0.05) is 16.3 Å². The Morgan fingerprint density at radius 1 is 1.11 bits per heavy atom. The molecule has 0 aliphatic carbocycles. The molecular weight excluding hydrogens is 256 g/mol. The van der Waals surface area contributed by atoms with Crippen molar-refractivity contribution in [2.24, 2.45) is 0 Å². The normalized spacial score (nSPS) is 11.7. The zero-order valence-electron chi connectivity index (χ0n) is 10.4. The minimum absolute atomic E-state index is 0.739. The van der Waals surface area contributed by atoms with Crippen LogP contribution < -0.4 is 0 Å². The predicted octanol–water partition coefficient (Wildman–Crippen LogP) is 4.78. The van der Waals surface area contributed by atoms with Gasteiger partial charge >= 0.3 is 0 Å². The third-order valence-electron chi connectivity index (χ3n) is 3.50. The van der Waals surface area contributed by atoms with Gasteiger partial charge in [-0.1, -0.05) is 29.3 Å². The van der Waals surface area contributed by atoms with Crippen LogP contribution in [0.1, 0.15) is 5.56 Å². The number of nitrogens with zero attached hydrogens (tertiary/aromatic N) is 1. The molecule has 0 amide bonds. The summed E-state index contributed by atoms with van der Waals surface area (Å²) in [5.74, 6) is 0. The molecule has 0 unspecified atom stereocenters. The second kappa shape index (κ2) is 3.72. The van der Waals surface area contributed by atoms with E-state index < -0.39 is 0 Å². The lowest BCUT2D eigenvalue weighted by molar-refractivity contribution is 1.36. The maximum absolute atomic E-state index is 6.29. The van der Waals surface area contributed by atoms with Crippen molar-refractivity contribution in [3.63, 3.8) is 0 Å². The molecule has 0 fully saturated rings. The number of hydrogen-bond acceptors (Lipinski definition) is 1. The van der Waals surface area contributed by atoms with Gasteiger partial charge in [0.2, 0.25) is 0 Å². The van der Waals surface area contributed by atoms with Crippen molar-refractivity contribution in [3.05, 3.63) is 53.1 Å². The number of benzene rings is 2. The van der Waals surface area contributed by atoms with E-state index in [1.165, 1.54) is 10.9 Å². The van der Waals surface area contributed by atoms with Crippen LogP contribution >= 0.6 is 11.6 Å². The summed E-state index contributed by atoms with van der Waals surface area (Å²) in [6, 6.07) is 14.3. The third-order valence-corrected chi connectivity index (χ3v) is 3.81. The zero-order valence-corrected chi connectivity index (χ0v) is 11.1. The summed E-state index contributed by atoms with van der Waals surface area (Å²) >= 11 is 6.29. The van der Waals surface area contributed by atoms with E-state index in [0.29, 0.717) is 0 Å². The lowest BCUT2D eigenvalue weighted by atomic mass is 10.1. The fraction of sp³-hybridized carbons (Fsp3) is 0.0625. The summed E-state index contributed by atoms with van der Waals surface area (Å²) < 4.78 is 0. The molecule has 0 radical (unpaired) electrons. The van der Waals surface area contributed by atoms with Crippen LogP contribution in [0.25, 0.3) is 33.2 Å². The molecule has 2 aliphatic rings. The minimum Gasteiger partial charge on any atom is -0.353 e. The Balaban J connectivity index is 2.21. The Labute approximate surface area is 115 Å². The van der Waals surface area contributed by atoms with Crippen LogP contribution in [0.5, 0.6) is 0 Å². The second-order valence-electron chi connectivity index (χ2n) is 4.87. The van der Waals surface area contributed by atoms with Crippen molar-refractivity contribution in [2.45, 2.75) is 6.92 Å². The molecule has 0 atom stereocenters. The SMILES string of the molecule is Cc1ccc2[nH]c3c4c(Cl)cccc4nc-3cc2c1. The standard InChI is InChI=1S/C16H11ClN2/c1-9-5-6-12-10(7-9)8-14-16(19-12)15-11(17)3-2-4-13(15)18-14/h2-8,19H,1H3. The van der Waals surface area contributed by atoms with E-state index >= 15 is 0 Å². The van der Waals surface area contributed by atoms with E-state index in [0.717, 1.165) is 32.8 Å². The van der Waals surface area contributed by atoms with Crippen LogP contribution in [0.3, 0.4) is 0 Å². The average Bonchev–Trinajstić information content (AvgIpc) is 2.74. The monoisotopic (exact) mass is 266 g/mol. The first-order valence-electron chi connectivity index (χ1n) is 6.20. The molecule has 0 saturated heterocycles. The van der Waals surface area contributed by atoms with Gasteiger partial charge in [-0.25, -0.2) is 4.98 Å². The van der Waals surface area contributed by atoms with Gasteiger partial charge < -0.3 is 4.98 Å². The van der Waals surface area contributed by atoms with Gasteiger partial charge in [0.1, 0.15) is 0 Å². The quantitative estimate of drug-likeness (QED) is 0.487. The summed E-state index contributed by atoms with van der Waals surface area (Å²) in [6.07, 6.45) is 0. The minimum atomic E-state index is 0.739. The number of rotatable bonds is 0. The Morgan fingerprint density at radius 2 is 2.00 bits per heavy atom. The largest absolute Gasteiger partial charge is 0.353 e. The molecule has 0 saturated carbocycles. The van der Waals surface area contributed by atoms with Crippen molar-refractivity contribution < 1.29 is 0 Å². The molecule has 1 N–H and O–H groups in total. The summed E-state index contributed by atoms with van der Waals surface area (Å²) in [6.45, 7) is 2.09. The second-order valence-corrected chi connectivity index (χ2v) is 5.27. The topological polar surface area (TPSA) is 28.7 Å².